The van der Waals surface area contributed by atoms with Crippen molar-refractivity contribution in [1.29, 1.82) is 0 Å². The Bertz CT molecular complexity index is 1030. The average Bonchev–Trinajstić information content (AvgIpc) is 3.33. The number of benzene rings is 2. The highest BCUT2D eigenvalue weighted by molar-refractivity contribution is 5.99. The van der Waals surface area contributed by atoms with Gasteiger partial charge in [-0.1, -0.05) is 63.4 Å². The molecule has 0 spiro atoms. The van der Waals surface area contributed by atoms with Gasteiger partial charge in [-0.15, -0.1) is 0 Å². The highest BCUT2D eigenvalue weighted by Crippen LogP contribution is 2.26. The van der Waals surface area contributed by atoms with Gasteiger partial charge in [0.1, 0.15) is 0 Å². The van der Waals surface area contributed by atoms with E-state index in [1.165, 1.54) is 19.3 Å². The number of carbonyl (C=O) groups excluding carboxylic acids is 2. The highest BCUT2D eigenvalue weighted by atomic mass is 16.3. The molecule has 2 amide bonds. The molecule has 3 N–H and O–H groups in total. The molecule has 200 valence electrons. The Balaban J connectivity index is 1.52. The Hall–Kier alpha value is -2.70. The molecule has 0 radical (unpaired) electrons. The lowest BCUT2D eigenvalue weighted by Crippen LogP contribution is -2.50. The molecule has 1 aliphatic heterocycles. The van der Waals surface area contributed by atoms with Gasteiger partial charge >= 0.3 is 0 Å². The molecule has 0 aromatic heterocycles. The molecule has 2 aromatic carbocycles. The van der Waals surface area contributed by atoms with E-state index in [0.29, 0.717) is 43.5 Å². The third-order valence-corrected chi connectivity index (χ3v) is 7.57. The fraction of sp³-hybridized carbons (Fsp3) is 0.548. The first-order valence-electron chi connectivity index (χ1n) is 14.1. The second kappa shape index (κ2) is 13.2. The molecule has 0 bridgehead atoms. The van der Waals surface area contributed by atoms with Crippen molar-refractivity contribution in [3.05, 3.63) is 65.2 Å². The van der Waals surface area contributed by atoms with Crippen molar-refractivity contribution in [2.45, 2.75) is 89.8 Å². The van der Waals surface area contributed by atoms with Crippen LogP contribution in [-0.2, 0) is 17.6 Å². The Labute approximate surface area is 221 Å². The van der Waals surface area contributed by atoms with Gasteiger partial charge in [0.15, 0.2) is 0 Å². The van der Waals surface area contributed by atoms with Gasteiger partial charge in [0.05, 0.1) is 12.1 Å². The van der Waals surface area contributed by atoms with E-state index >= 15 is 0 Å². The molecular weight excluding hydrogens is 462 g/mol. The summed E-state index contributed by atoms with van der Waals surface area (Å²) < 4.78 is 0. The third-order valence-electron chi connectivity index (χ3n) is 7.57. The Kier molecular flexibility index (Phi) is 9.75. The maximum atomic E-state index is 13.6. The molecule has 2 aliphatic rings. The van der Waals surface area contributed by atoms with Gasteiger partial charge in [0.2, 0.25) is 5.91 Å². The molecule has 1 saturated heterocycles. The van der Waals surface area contributed by atoms with E-state index in [1.807, 2.05) is 48.5 Å². The number of hydrogen-bond acceptors (Lipinski definition) is 4. The van der Waals surface area contributed by atoms with Gasteiger partial charge in [-0.05, 0) is 67.3 Å². The molecule has 6 heteroatoms. The smallest absolute Gasteiger partial charge is 0.251 e. The van der Waals surface area contributed by atoms with Crippen molar-refractivity contribution in [3.63, 3.8) is 0 Å². The Morgan fingerprint density at radius 1 is 1.00 bits per heavy atom. The number of rotatable bonds is 11. The number of aliphatic hydroxyl groups excluding tert-OH is 1. The fourth-order valence-corrected chi connectivity index (χ4v) is 5.61. The largest absolute Gasteiger partial charge is 0.390 e. The number of anilines is 1. The van der Waals surface area contributed by atoms with Crippen LogP contribution in [0.5, 0.6) is 0 Å². The number of aliphatic hydroxyl groups is 1. The van der Waals surface area contributed by atoms with Crippen LogP contribution in [0.4, 0.5) is 5.69 Å². The summed E-state index contributed by atoms with van der Waals surface area (Å²) in [5.74, 6) is 0.328. The van der Waals surface area contributed by atoms with Crippen LogP contribution in [0, 0.1) is 5.92 Å². The molecule has 1 saturated carbocycles. The van der Waals surface area contributed by atoms with Crippen molar-refractivity contribution in [2.24, 2.45) is 5.92 Å². The number of nitrogens with one attached hydrogen (secondary N) is 2. The third kappa shape index (κ3) is 7.89. The molecule has 2 aromatic rings. The minimum atomic E-state index is -0.718. The van der Waals surface area contributed by atoms with Crippen LogP contribution in [0.15, 0.2) is 48.5 Å². The van der Waals surface area contributed by atoms with Gasteiger partial charge in [-0.25, -0.2) is 0 Å². The zero-order chi connectivity index (χ0) is 26.2. The first-order chi connectivity index (χ1) is 17.9. The van der Waals surface area contributed by atoms with Crippen molar-refractivity contribution in [2.75, 3.05) is 18.0 Å². The summed E-state index contributed by atoms with van der Waals surface area (Å²) in [5.41, 5.74) is 3.46. The van der Waals surface area contributed by atoms with Crippen molar-refractivity contribution >= 4 is 17.5 Å². The predicted molar refractivity (Wildman–Crippen MR) is 149 cm³/mol. The summed E-state index contributed by atoms with van der Waals surface area (Å²) in [6.07, 6.45) is 8.08. The van der Waals surface area contributed by atoms with Crippen LogP contribution in [0.1, 0.15) is 80.3 Å². The lowest BCUT2D eigenvalue weighted by molar-refractivity contribution is -0.117. The summed E-state index contributed by atoms with van der Waals surface area (Å²) >= 11 is 0. The minimum absolute atomic E-state index is 0.110. The van der Waals surface area contributed by atoms with E-state index < -0.39 is 12.1 Å². The fourth-order valence-electron chi connectivity index (χ4n) is 5.61. The molecule has 6 nitrogen and oxygen atoms in total. The zero-order valence-corrected chi connectivity index (χ0v) is 22.4. The molecule has 1 aliphatic carbocycles. The Morgan fingerprint density at radius 2 is 1.76 bits per heavy atom. The molecule has 4 rings (SSSR count). The second-order valence-electron chi connectivity index (χ2n) is 11.2. The normalized spacial score (nSPS) is 18.3. The van der Waals surface area contributed by atoms with Crippen molar-refractivity contribution < 1.29 is 14.7 Å². The first kappa shape index (κ1) is 27.3. The molecule has 2 fully saturated rings. The van der Waals surface area contributed by atoms with Crippen molar-refractivity contribution in [1.82, 2.24) is 10.6 Å². The van der Waals surface area contributed by atoms with E-state index in [9.17, 15) is 14.7 Å². The summed E-state index contributed by atoms with van der Waals surface area (Å²) in [6, 6.07) is 15.8. The molecule has 37 heavy (non-hydrogen) atoms. The summed E-state index contributed by atoms with van der Waals surface area (Å²) in [4.78, 5) is 27.8. The Morgan fingerprint density at radius 3 is 2.43 bits per heavy atom. The summed E-state index contributed by atoms with van der Waals surface area (Å²) in [6.45, 7) is 5.44. The molecule has 1 heterocycles. The number of carbonyl (C=O) groups is 2. The average molecular weight is 506 g/mol. The van der Waals surface area contributed by atoms with E-state index in [0.717, 1.165) is 42.5 Å². The summed E-state index contributed by atoms with van der Waals surface area (Å²) in [7, 11) is 0. The first-order valence-corrected chi connectivity index (χ1v) is 14.1. The van der Waals surface area contributed by atoms with Crippen LogP contribution in [-0.4, -0.2) is 48.2 Å². The lowest BCUT2D eigenvalue weighted by Gasteiger charge is -2.28. The highest BCUT2D eigenvalue weighted by Gasteiger charge is 2.26. The van der Waals surface area contributed by atoms with Crippen LogP contribution >= 0.6 is 0 Å². The maximum Gasteiger partial charge on any atom is 0.251 e. The standard InChI is InChI=1S/C31H43N3O3/c1-22(2)16-24-17-25(20-27(18-24)34-15-9-14-30(34)36)31(37)33-28(19-23-10-5-3-6-11-23)29(35)21-32-26-12-7-4-8-13-26/h3,5-6,10-11,17-18,20,22,26,28-29,32,35H,4,7-9,12-16,19,21H2,1-2H3,(H,33,37). The van der Waals surface area contributed by atoms with Crippen molar-refractivity contribution in [3.8, 4) is 0 Å². The summed E-state index contributed by atoms with van der Waals surface area (Å²) in [5, 5.41) is 17.9. The lowest BCUT2D eigenvalue weighted by atomic mass is 9.94. The predicted octanol–water partition coefficient (Wildman–Crippen LogP) is 4.64. The monoisotopic (exact) mass is 505 g/mol. The topological polar surface area (TPSA) is 81.7 Å². The quantitative estimate of drug-likeness (QED) is 0.416. The molecule has 2 unspecified atom stereocenters. The second-order valence-corrected chi connectivity index (χ2v) is 11.2. The van der Waals surface area contributed by atoms with E-state index in [2.05, 4.69) is 24.5 Å². The van der Waals surface area contributed by atoms with E-state index in [1.54, 1.807) is 4.90 Å². The molecule has 2 atom stereocenters. The van der Waals surface area contributed by atoms with Gasteiger partial charge < -0.3 is 20.6 Å². The number of amides is 2. The van der Waals surface area contributed by atoms with Gasteiger partial charge in [0, 0.05) is 36.8 Å². The van der Waals surface area contributed by atoms with Crippen LogP contribution < -0.4 is 15.5 Å². The SMILES string of the molecule is CC(C)Cc1cc(C(=O)NC(Cc2ccccc2)C(O)CNC2CCCCC2)cc(N2CCCC2=O)c1. The number of nitrogens with zero attached hydrogens (tertiary/aromatic N) is 1. The van der Waals surface area contributed by atoms with Crippen LogP contribution in [0.2, 0.25) is 0 Å². The minimum Gasteiger partial charge on any atom is -0.390 e. The van der Waals surface area contributed by atoms with E-state index in [4.69, 9.17) is 0 Å². The molecular formula is C31H43N3O3. The number of hydrogen-bond donors (Lipinski definition) is 3. The van der Waals surface area contributed by atoms with Gasteiger partial charge in [0.25, 0.3) is 5.91 Å². The zero-order valence-electron chi connectivity index (χ0n) is 22.4. The van der Waals surface area contributed by atoms with Crippen LogP contribution in [0.25, 0.3) is 0 Å². The van der Waals surface area contributed by atoms with Crippen LogP contribution in [0.3, 0.4) is 0 Å². The van der Waals surface area contributed by atoms with Gasteiger partial charge in [-0.3, -0.25) is 9.59 Å². The van der Waals surface area contributed by atoms with Gasteiger partial charge in [-0.2, -0.15) is 0 Å². The van der Waals surface area contributed by atoms with E-state index in [-0.39, 0.29) is 11.8 Å². The maximum absolute atomic E-state index is 13.6.